The molecule has 0 atom stereocenters. The third-order valence-corrected chi connectivity index (χ3v) is 13.9. The van der Waals surface area contributed by atoms with Crippen LogP contribution in [0.5, 0.6) is 0 Å². The van der Waals surface area contributed by atoms with E-state index in [0.717, 1.165) is 44.0 Å². The van der Waals surface area contributed by atoms with E-state index in [1.54, 1.807) is 0 Å². The van der Waals surface area contributed by atoms with Gasteiger partial charge in [0, 0.05) is 62.5 Å². The zero-order chi connectivity index (χ0) is 62.1. The summed E-state index contributed by atoms with van der Waals surface area (Å²) >= 11 is 0. The van der Waals surface area contributed by atoms with Gasteiger partial charge in [0.2, 0.25) is 0 Å². The van der Waals surface area contributed by atoms with Crippen LogP contribution in [-0.2, 0) is 38.5 Å². The van der Waals surface area contributed by atoms with Gasteiger partial charge in [0.15, 0.2) is 0 Å². The number of hydrogen-bond donors (Lipinski definition) is 0. The summed E-state index contributed by atoms with van der Waals surface area (Å²) in [6, 6.07) is 63.3. The predicted octanol–water partition coefficient (Wildman–Crippen LogP) is 24.5. The second kappa shape index (κ2) is 38.1. The van der Waals surface area contributed by atoms with Crippen molar-refractivity contribution in [2.45, 2.75) is 177 Å². The normalized spacial score (nSPS) is 11.2. The molecular weight excluding hydrogens is 1020 g/mol. The molecule has 0 radical (unpaired) electrons. The number of anilines is 6. The first-order valence-electron chi connectivity index (χ1n) is 32.6. The number of rotatable bonds is 0. The van der Waals surface area contributed by atoms with Gasteiger partial charge in [-0.05, 0) is 95.7 Å². The molecule has 0 fully saturated rings. The van der Waals surface area contributed by atoms with Crippen LogP contribution >= 0.6 is 0 Å². The Balaban J connectivity index is 0.000000277. The van der Waals surface area contributed by atoms with Gasteiger partial charge >= 0.3 is 0 Å². The maximum Gasteiger partial charge on any atom is 0.0701 e. The van der Waals surface area contributed by atoms with Crippen LogP contribution in [0.4, 0.5) is 34.1 Å². The van der Waals surface area contributed by atoms with E-state index < -0.39 is 0 Å². The highest BCUT2D eigenvalue weighted by molar-refractivity contribution is 5.95. The van der Waals surface area contributed by atoms with Gasteiger partial charge in [-0.3, -0.25) is 9.97 Å². The summed E-state index contributed by atoms with van der Waals surface area (Å²) in [6.45, 7) is 40.0. The van der Waals surface area contributed by atoms with Crippen molar-refractivity contribution in [3.05, 3.63) is 261 Å². The van der Waals surface area contributed by atoms with Gasteiger partial charge in [-0.1, -0.05) is 296 Å². The van der Waals surface area contributed by atoms with E-state index in [4.69, 9.17) is 0 Å². The van der Waals surface area contributed by atoms with E-state index in [1.807, 2.05) is 200 Å². The highest BCUT2D eigenvalue weighted by atomic mass is 15.2. The number of aromatic nitrogens is 2. The quantitative estimate of drug-likeness (QED) is 0.151. The number of pyridine rings is 2. The monoisotopic (exact) mass is 1120 g/mol. The average molecular weight is 1120 g/mol. The SMILES string of the molecule is CC.CC.CC.CC.CC.CC.CC.CC.CC.CC.c1cc2c3c(c1)Cc1cccc4c1N3c1c(cccc1C4)C2.c1cc2c3c(c1)Cc1cccc4c1N3c1c(cccc1C4)C2.c1ccc2cnccc2c1.c1ccc2ncccc2c1. The van der Waals surface area contributed by atoms with Gasteiger partial charge in [0.05, 0.1) is 39.6 Å². The maximum absolute atomic E-state index is 4.18. The summed E-state index contributed by atoms with van der Waals surface area (Å²) in [5.74, 6) is 0. The van der Waals surface area contributed by atoms with Gasteiger partial charge in [-0.2, -0.15) is 0 Å². The Morgan fingerprint density at radius 3 is 0.726 bits per heavy atom. The Hall–Kier alpha value is -7.82. The molecule has 0 aliphatic carbocycles. The van der Waals surface area contributed by atoms with Crippen molar-refractivity contribution in [3.63, 3.8) is 0 Å². The molecule has 0 saturated carbocycles. The van der Waals surface area contributed by atoms with E-state index in [2.05, 4.69) is 153 Å². The Labute approximate surface area is 511 Å². The lowest BCUT2D eigenvalue weighted by Crippen LogP contribution is -2.29. The van der Waals surface area contributed by atoms with Crippen LogP contribution in [0.2, 0.25) is 0 Å². The maximum atomic E-state index is 4.18. The first-order valence-corrected chi connectivity index (χ1v) is 32.6. The smallest absolute Gasteiger partial charge is 0.0701 e. The van der Waals surface area contributed by atoms with Gasteiger partial charge < -0.3 is 9.80 Å². The second-order valence-electron chi connectivity index (χ2n) is 17.7. The fourth-order valence-corrected chi connectivity index (χ4v) is 11.2. The molecule has 0 unspecified atom stereocenters. The molecule has 8 aromatic carbocycles. The molecule has 10 aromatic rings. The zero-order valence-corrected chi connectivity index (χ0v) is 55.5. The molecular formula is C80H104N4. The molecule has 2 aromatic heterocycles. The molecule has 0 saturated heterocycles. The molecule has 8 heterocycles. The minimum atomic E-state index is 1.06. The second-order valence-corrected chi connectivity index (χ2v) is 17.7. The van der Waals surface area contributed by atoms with Crippen molar-refractivity contribution < 1.29 is 0 Å². The van der Waals surface area contributed by atoms with E-state index >= 15 is 0 Å². The van der Waals surface area contributed by atoms with E-state index in [1.165, 1.54) is 117 Å². The summed E-state index contributed by atoms with van der Waals surface area (Å²) in [4.78, 5) is 13.3. The molecule has 444 valence electrons. The van der Waals surface area contributed by atoms with Gasteiger partial charge in [-0.15, -0.1) is 0 Å². The molecule has 4 heteroatoms. The van der Waals surface area contributed by atoms with Crippen LogP contribution in [0, 0.1) is 0 Å². The number of benzene rings is 8. The predicted molar refractivity (Wildman–Crippen MR) is 376 cm³/mol. The first kappa shape index (κ1) is 70.4. The molecule has 84 heavy (non-hydrogen) atoms. The standard InChI is InChI=1S/2C21H15N.2C9H7N.10C2H6/c2*1-4-13-10-15-6-2-8-17-12-18-9-3-7-16-11-14(5-1)19(13)22(20(15)17)21(16)18;1-2-6-9-8(4-1)5-3-7-10-9;1-2-4-9-7-10-6-5-8(9)3-1;10*1-2/h2*1-9H,10-12H2;2*1-7H;10*1-2H3. The average Bonchev–Trinajstić information content (AvgIpc) is 0.848. The number of nitrogens with zero attached hydrogens (tertiary/aromatic N) is 4. The lowest BCUT2D eigenvalue weighted by atomic mass is 9.80. The van der Waals surface area contributed by atoms with Gasteiger partial charge in [-0.25, -0.2) is 0 Å². The van der Waals surface area contributed by atoms with Crippen LogP contribution in [0.3, 0.4) is 0 Å². The molecule has 0 amide bonds. The summed E-state index contributed by atoms with van der Waals surface area (Å²) in [7, 11) is 0. The van der Waals surface area contributed by atoms with Crippen molar-refractivity contribution >= 4 is 55.8 Å². The number of para-hydroxylation sites is 7. The molecule has 16 rings (SSSR count). The minimum absolute atomic E-state index is 1.06. The van der Waals surface area contributed by atoms with Crippen molar-refractivity contribution in [2.75, 3.05) is 9.80 Å². The Kier molecular flexibility index (Phi) is 32.0. The summed E-state index contributed by atoms with van der Waals surface area (Å²) in [6.07, 6.45) is 11.9. The van der Waals surface area contributed by atoms with Crippen LogP contribution < -0.4 is 9.80 Å². The number of hydrogen-bond acceptors (Lipinski definition) is 4. The third kappa shape index (κ3) is 15.5. The first-order chi connectivity index (χ1) is 41.7. The third-order valence-electron chi connectivity index (χ3n) is 13.9. The Morgan fingerprint density at radius 1 is 0.226 bits per heavy atom. The van der Waals surface area contributed by atoms with Gasteiger partial charge in [0.25, 0.3) is 0 Å². The Morgan fingerprint density at radius 2 is 0.464 bits per heavy atom. The largest absolute Gasteiger partial charge is 0.309 e. The molecule has 6 aliphatic heterocycles. The topological polar surface area (TPSA) is 32.3 Å². The molecule has 6 aliphatic rings. The molecule has 0 N–H and O–H groups in total. The molecule has 0 bridgehead atoms. The van der Waals surface area contributed by atoms with Crippen molar-refractivity contribution in [3.8, 4) is 0 Å². The highest BCUT2D eigenvalue weighted by Gasteiger charge is 2.38. The fourth-order valence-electron chi connectivity index (χ4n) is 11.2. The summed E-state index contributed by atoms with van der Waals surface area (Å²) < 4.78 is 0. The van der Waals surface area contributed by atoms with Crippen molar-refractivity contribution in [2.24, 2.45) is 0 Å². The van der Waals surface area contributed by atoms with E-state index in [0.29, 0.717) is 0 Å². The zero-order valence-electron chi connectivity index (χ0n) is 55.5. The molecule has 4 nitrogen and oxygen atoms in total. The van der Waals surface area contributed by atoms with Crippen LogP contribution in [0.25, 0.3) is 21.7 Å². The fraction of sp³-hybridized carbons (Fsp3) is 0.325. The van der Waals surface area contributed by atoms with Crippen molar-refractivity contribution in [1.29, 1.82) is 0 Å². The van der Waals surface area contributed by atoms with Crippen LogP contribution in [0.15, 0.2) is 195 Å². The summed E-state index contributed by atoms with van der Waals surface area (Å²) in [5.41, 5.74) is 27.5. The van der Waals surface area contributed by atoms with E-state index in [-0.39, 0.29) is 0 Å². The summed E-state index contributed by atoms with van der Waals surface area (Å²) in [5, 5.41) is 3.65. The lowest BCUT2D eigenvalue weighted by molar-refractivity contribution is 0.956. The van der Waals surface area contributed by atoms with Crippen molar-refractivity contribution in [1.82, 2.24) is 9.97 Å². The highest BCUT2D eigenvalue weighted by Crippen LogP contribution is 2.57. The molecule has 0 spiro atoms. The van der Waals surface area contributed by atoms with Crippen LogP contribution in [-0.4, -0.2) is 9.97 Å². The Bertz CT molecular complexity index is 2760. The minimum Gasteiger partial charge on any atom is -0.309 e. The number of fused-ring (bicyclic) bond motifs is 2. The lowest BCUT2D eigenvalue weighted by Gasteiger charge is -2.44. The van der Waals surface area contributed by atoms with Gasteiger partial charge in [0.1, 0.15) is 0 Å². The van der Waals surface area contributed by atoms with E-state index in [9.17, 15) is 0 Å². The van der Waals surface area contributed by atoms with Crippen LogP contribution in [0.1, 0.15) is 205 Å².